The van der Waals surface area contributed by atoms with Gasteiger partial charge in [0, 0.05) is 30.0 Å². The van der Waals surface area contributed by atoms with Gasteiger partial charge in [0.15, 0.2) is 0 Å². The number of fused-ring (bicyclic) bond motifs is 1. The summed E-state index contributed by atoms with van der Waals surface area (Å²) in [5.74, 6) is 0.647. The molecular formula is C15H20N2O. The molecule has 96 valence electrons. The van der Waals surface area contributed by atoms with Gasteiger partial charge in [-0.05, 0) is 56.5 Å². The highest BCUT2D eigenvalue weighted by atomic mass is 16.5. The van der Waals surface area contributed by atoms with Crippen molar-refractivity contribution < 1.29 is 11.6 Å². The zero-order chi connectivity index (χ0) is 16.8. The first-order chi connectivity index (χ1) is 10.7. The third-order valence-electron chi connectivity index (χ3n) is 3.46. The highest BCUT2D eigenvalue weighted by Gasteiger charge is 2.22. The van der Waals surface area contributed by atoms with E-state index in [0.29, 0.717) is 30.7 Å². The standard InChI is InChI=1S/C15H20N2O/c1-17-7-3-4-12(17)8-11-10-16-15-6-5-13(18-2)9-14(11)15/h5-6,9-10,12,16H,3-4,7-8H2,1-2H3/t12-/m1/s1/i1D3,8D2. The summed E-state index contributed by atoms with van der Waals surface area (Å²) in [5.41, 5.74) is 1.29. The Bertz CT molecular complexity index is 709. The normalized spacial score (nSPS) is 26.3. The number of aromatic amines is 1. The number of aromatic nitrogens is 1. The number of likely N-dealkylation sites (tertiary alicyclic amines) is 1. The van der Waals surface area contributed by atoms with Gasteiger partial charge in [0.05, 0.1) is 7.11 Å². The van der Waals surface area contributed by atoms with Gasteiger partial charge in [-0.2, -0.15) is 0 Å². The summed E-state index contributed by atoms with van der Waals surface area (Å²) in [6, 6.07) is 4.76. The Kier molecular flexibility index (Phi) is 1.86. The number of likely N-dealkylation sites (N-methyl/N-ethyl adjacent to an activating group) is 1. The predicted molar refractivity (Wildman–Crippen MR) is 74.2 cm³/mol. The lowest BCUT2D eigenvalue weighted by Crippen LogP contribution is -2.26. The number of benzene rings is 1. The van der Waals surface area contributed by atoms with Crippen LogP contribution in [-0.2, 0) is 6.37 Å². The summed E-state index contributed by atoms with van der Waals surface area (Å²) in [5, 5.41) is 0.728. The van der Waals surface area contributed by atoms with Gasteiger partial charge in [0.25, 0.3) is 0 Å². The van der Waals surface area contributed by atoms with Gasteiger partial charge in [-0.25, -0.2) is 0 Å². The summed E-state index contributed by atoms with van der Waals surface area (Å²) in [6.45, 7) is -1.88. The molecule has 0 spiro atoms. The van der Waals surface area contributed by atoms with Crippen LogP contribution < -0.4 is 4.74 Å². The molecule has 1 aliphatic heterocycles. The van der Waals surface area contributed by atoms with Crippen LogP contribution in [0.5, 0.6) is 5.75 Å². The Balaban J connectivity index is 2.05. The van der Waals surface area contributed by atoms with Crippen LogP contribution in [-0.4, -0.2) is 36.6 Å². The molecule has 0 aliphatic carbocycles. The van der Waals surface area contributed by atoms with Crippen LogP contribution in [0.1, 0.15) is 25.3 Å². The van der Waals surface area contributed by atoms with Crippen molar-refractivity contribution in [3.8, 4) is 5.75 Å². The van der Waals surface area contributed by atoms with E-state index >= 15 is 0 Å². The van der Waals surface area contributed by atoms with Gasteiger partial charge in [0.2, 0.25) is 0 Å². The Morgan fingerprint density at radius 2 is 2.56 bits per heavy atom. The fourth-order valence-corrected chi connectivity index (χ4v) is 2.44. The molecule has 0 unspecified atom stereocenters. The quantitative estimate of drug-likeness (QED) is 0.906. The molecule has 0 saturated carbocycles. The third kappa shape index (κ3) is 1.99. The molecule has 3 nitrogen and oxygen atoms in total. The van der Waals surface area contributed by atoms with Crippen molar-refractivity contribution in [3.05, 3.63) is 30.0 Å². The van der Waals surface area contributed by atoms with Crippen LogP contribution in [0.25, 0.3) is 10.9 Å². The van der Waals surface area contributed by atoms with Crippen LogP contribution in [0, 0.1) is 0 Å². The molecule has 1 saturated heterocycles. The van der Waals surface area contributed by atoms with Crippen LogP contribution in [0.3, 0.4) is 0 Å². The summed E-state index contributed by atoms with van der Waals surface area (Å²) < 4.78 is 45.4. The van der Waals surface area contributed by atoms with E-state index in [-0.39, 0.29) is 0 Å². The molecule has 1 fully saturated rings. The molecule has 1 aromatic heterocycles. The number of hydrogen-bond acceptors (Lipinski definition) is 2. The summed E-state index contributed by atoms with van der Waals surface area (Å²) in [6.07, 6.45) is 1.09. The number of methoxy groups -OCH3 is 1. The number of hydrogen-bond donors (Lipinski definition) is 1. The fraction of sp³-hybridized carbons (Fsp3) is 0.467. The third-order valence-corrected chi connectivity index (χ3v) is 3.46. The zero-order valence-electron chi connectivity index (χ0n) is 15.4. The van der Waals surface area contributed by atoms with E-state index in [9.17, 15) is 0 Å². The maximum absolute atomic E-state index is 8.62. The number of ether oxygens (including phenoxy) is 1. The van der Waals surface area contributed by atoms with Crippen LogP contribution in [0.2, 0.25) is 0 Å². The molecule has 2 heterocycles. The molecule has 3 rings (SSSR count). The van der Waals surface area contributed by atoms with Crippen LogP contribution >= 0.6 is 0 Å². The largest absolute Gasteiger partial charge is 0.497 e. The van der Waals surface area contributed by atoms with Crippen LogP contribution in [0.4, 0.5) is 0 Å². The molecular weight excluding hydrogens is 224 g/mol. The number of nitrogens with one attached hydrogen (secondary N) is 1. The van der Waals surface area contributed by atoms with Crippen molar-refractivity contribution in [3.63, 3.8) is 0 Å². The molecule has 1 aromatic carbocycles. The molecule has 1 aliphatic rings. The highest BCUT2D eigenvalue weighted by Crippen LogP contribution is 2.27. The first-order valence-electron chi connectivity index (χ1n) is 8.67. The average Bonchev–Trinajstić information content (AvgIpc) is 3.13. The minimum atomic E-state index is -2.28. The predicted octanol–water partition coefficient (Wildman–Crippen LogP) is 2.81. The minimum Gasteiger partial charge on any atom is -0.497 e. The lowest BCUT2D eigenvalue weighted by molar-refractivity contribution is 0.310. The fourth-order valence-electron chi connectivity index (χ4n) is 2.44. The molecule has 2 aromatic rings. The van der Waals surface area contributed by atoms with E-state index in [1.54, 1.807) is 19.4 Å². The molecule has 18 heavy (non-hydrogen) atoms. The van der Waals surface area contributed by atoms with Crippen molar-refractivity contribution in [2.45, 2.75) is 25.3 Å². The average molecular weight is 249 g/mol. The maximum atomic E-state index is 8.62. The van der Waals surface area contributed by atoms with Gasteiger partial charge in [-0.1, -0.05) is 0 Å². The molecule has 0 bridgehead atoms. The minimum absolute atomic E-state index is 0.395. The second-order valence-electron chi connectivity index (χ2n) is 4.61. The highest BCUT2D eigenvalue weighted by molar-refractivity contribution is 5.84. The lowest BCUT2D eigenvalue weighted by Gasteiger charge is -2.18. The van der Waals surface area contributed by atoms with Crippen molar-refractivity contribution >= 4 is 10.9 Å². The van der Waals surface area contributed by atoms with Gasteiger partial charge >= 0.3 is 0 Å². The molecule has 1 N–H and O–H groups in total. The van der Waals surface area contributed by atoms with Crippen molar-refractivity contribution in [1.82, 2.24) is 9.88 Å². The zero-order valence-corrected chi connectivity index (χ0v) is 10.4. The molecule has 1 atom stereocenters. The van der Waals surface area contributed by atoms with E-state index in [4.69, 9.17) is 11.6 Å². The second kappa shape index (κ2) is 4.65. The molecule has 0 amide bonds. The maximum Gasteiger partial charge on any atom is 0.119 e. The van der Waals surface area contributed by atoms with Gasteiger partial charge < -0.3 is 14.6 Å². The van der Waals surface area contributed by atoms with Gasteiger partial charge in [-0.3, -0.25) is 0 Å². The summed E-state index contributed by atoms with van der Waals surface area (Å²) in [4.78, 5) is 4.38. The Morgan fingerprint density at radius 3 is 3.39 bits per heavy atom. The monoisotopic (exact) mass is 249 g/mol. The second-order valence-corrected chi connectivity index (χ2v) is 4.61. The topological polar surface area (TPSA) is 28.3 Å². The Hall–Kier alpha value is -1.48. The lowest BCUT2D eigenvalue weighted by atomic mass is 10.0. The first kappa shape index (κ1) is 7.19. The Labute approximate surface area is 115 Å². The number of nitrogens with zero attached hydrogens (tertiary/aromatic N) is 1. The summed E-state index contributed by atoms with van der Waals surface area (Å²) in [7, 11) is 1.56. The van der Waals surface area contributed by atoms with Crippen LogP contribution in [0.15, 0.2) is 24.4 Å². The van der Waals surface area contributed by atoms with Gasteiger partial charge in [-0.15, -0.1) is 0 Å². The van der Waals surface area contributed by atoms with E-state index in [1.165, 1.54) is 4.90 Å². The van der Waals surface area contributed by atoms with E-state index < -0.39 is 19.4 Å². The van der Waals surface area contributed by atoms with E-state index in [2.05, 4.69) is 4.98 Å². The van der Waals surface area contributed by atoms with Crippen molar-refractivity contribution in [2.75, 3.05) is 20.6 Å². The van der Waals surface area contributed by atoms with E-state index in [1.807, 2.05) is 12.1 Å². The molecule has 0 radical (unpaired) electrons. The smallest absolute Gasteiger partial charge is 0.119 e. The molecule has 3 heteroatoms. The Morgan fingerprint density at radius 1 is 1.61 bits per heavy atom. The first-order valence-corrected chi connectivity index (χ1v) is 6.17. The van der Waals surface area contributed by atoms with Gasteiger partial charge in [0.1, 0.15) is 5.75 Å². The van der Waals surface area contributed by atoms with E-state index in [0.717, 1.165) is 10.9 Å². The summed E-state index contributed by atoms with van der Waals surface area (Å²) >= 11 is 0. The van der Waals surface area contributed by atoms with Crippen molar-refractivity contribution in [2.24, 2.45) is 0 Å². The SMILES string of the molecule is [2H]C([2H])(c1c[nH]c2ccc(OC)cc12)[C@H]1CCCN1C([2H])([2H])[2H]. The number of rotatable bonds is 3. The number of H-pyrrole nitrogens is 1. The van der Waals surface area contributed by atoms with Crippen molar-refractivity contribution in [1.29, 1.82) is 0 Å².